The van der Waals surface area contributed by atoms with Crippen molar-refractivity contribution in [1.29, 1.82) is 0 Å². The van der Waals surface area contributed by atoms with Gasteiger partial charge in [-0.05, 0) is 56.0 Å². The molecular weight excluding hydrogens is 388 g/mol. The van der Waals surface area contributed by atoms with Crippen molar-refractivity contribution in [3.05, 3.63) is 41.7 Å². The Morgan fingerprint density at radius 3 is 2.66 bits per heavy atom. The molecule has 0 aliphatic carbocycles. The van der Waals surface area contributed by atoms with Gasteiger partial charge in [0.2, 0.25) is 0 Å². The predicted octanol–water partition coefficient (Wildman–Crippen LogP) is 3.60. The first-order valence-electron chi connectivity index (χ1n) is 10.5. The van der Waals surface area contributed by atoms with Crippen molar-refractivity contribution in [1.82, 2.24) is 9.78 Å². The second-order valence-electron chi connectivity index (χ2n) is 7.83. The number of rotatable bonds is 9. The van der Waals surface area contributed by atoms with Crippen LogP contribution in [0.3, 0.4) is 0 Å². The van der Waals surface area contributed by atoms with E-state index >= 15 is 0 Å². The number of aromatic nitrogens is 2. The highest BCUT2D eigenvalue weighted by atomic mass is 32.2. The Balaban J connectivity index is 1.62. The Morgan fingerprint density at radius 2 is 1.97 bits per heavy atom. The summed E-state index contributed by atoms with van der Waals surface area (Å²) in [6.07, 6.45) is 2.83. The van der Waals surface area contributed by atoms with Crippen molar-refractivity contribution in [2.45, 2.75) is 40.0 Å². The molecule has 2 heterocycles. The zero-order valence-corrected chi connectivity index (χ0v) is 18.5. The lowest BCUT2D eigenvalue weighted by Gasteiger charge is -2.31. The van der Waals surface area contributed by atoms with Gasteiger partial charge >= 0.3 is 0 Å². The minimum Gasteiger partial charge on any atom is -0.493 e. The third-order valence-electron chi connectivity index (χ3n) is 5.53. The molecule has 2 atom stereocenters. The third-order valence-corrected chi connectivity index (χ3v) is 7.34. The van der Waals surface area contributed by atoms with Gasteiger partial charge in [-0.2, -0.15) is 5.10 Å². The maximum absolute atomic E-state index is 12.0. The minimum atomic E-state index is -3.00. The van der Waals surface area contributed by atoms with Gasteiger partial charge in [0.05, 0.1) is 30.3 Å². The van der Waals surface area contributed by atoms with Gasteiger partial charge in [-0.1, -0.05) is 20.3 Å². The Labute approximate surface area is 174 Å². The van der Waals surface area contributed by atoms with Crippen LogP contribution in [0.15, 0.2) is 30.3 Å². The molecule has 1 aliphatic rings. The Kier molecular flexibility index (Phi) is 7.35. The van der Waals surface area contributed by atoms with Gasteiger partial charge in [0.15, 0.2) is 0 Å². The van der Waals surface area contributed by atoms with E-state index in [2.05, 4.69) is 25.0 Å². The van der Waals surface area contributed by atoms with E-state index in [9.17, 15) is 8.42 Å². The highest BCUT2D eigenvalue weighted by molar-refractivity contribution is 7.91. The standard InChI is InChI=1S/C22H32N2O4S/c1-4-6-20-13-17(3)24(23-20)21-7-9-22(10-8-21)28-15-19-14-27-12-11-18(19)16-29(25,26)5-2/h7-10,13,18-19H,4-6,11-12,14-16H2,1-3H3/t18?,19-/m1/s1. The summed E-state index contributed by atoms with van der Waals surface area (Å²) >= 11 is 0. The minimum absolute atomic E-state index is 0.0923. The van der Waals surface area contributed by atoms with Crippen LogP contribution < -0.4 is 4.74 Å². The van der Waals surface area contributed by atoms with Crippen LogP contribution in [0.4, 0.5) is 0 Å². The van der Waals surface area contributed by atoms with E-state index in [0.29, 0.717) is 19.8 Å². The Bertz CT molecular complexity index is 890. The maximum Gasteiger partial charge on any atom is 0.150 e. The molecule has 29 heavy (non-hydrogen) atoms. The number of nitrogens with zero attached hydrogens (tertiary/aromatic N) is 2. The quantitative estimate of drug-likeness (QED) is 0.620. The monoisotopic (exact) mass is 420 g/mol. The van der Waals surface area contributed by atoms with Crippen LogP contribution in [0.1, 0.15) is 38.1 Å². The molecular formula is C22H32N2O4S. The molecule has 6 nitrogen and oxygen atoms in total. The Morgan fingerprint density at radius 1 is 1.21 bits per heavy atom. The van der Waals surface area contributed by atoms with Gasteiger partial charge in [0.1, 0.15) is 15.6 Å². The molecule has 0 amide bonds. The van der Waals surface area contributed by atoms with Gasteiger partial charge in [-0.15, -0.1) is 0 Å². The first-order chi connectivity index (χ1) is 13.9. The fraction of sp³-hybridized carbons (Fsp3) is 0.591. The molecule has 1 saturated heterocycles. The average Bonchev–Trinajstić information content (AvgIpc) is 3.08. The van der Waals surface area contributed by atoms with Gasteiger partial charge in [-0.25, -0.2) is 13.1 Å². The van der Waals surface area contributed by atoms with Crippen LogP contribution in [0, 0.1) is 18.8 Å². The lowest BCUT2D eigenvalue weighted by molar-refractivity contribution is 0.00448. The highest BCUT2D eigenvalue weighted by Crippen LogP contribution is 2.25. The lowest BCUT2D eigenvalue weighted by Crippen LogP contribution is -2.36. The van der Waals surface area contributed by atoms with Crippen molar-refractivity contribution in [2.75, 3.05) is 31.3 Å². The van der Waals surface area contributed by atoms with Crippen molar-refractivity contribution in [3.63, 3.8) is 0 Å². The van der Waals surface area contributed by atoms with Crippen molar-refractivity contribution >= 4 is 9.84 Å². The van der Waals surface area contributed by atoms with Gasteiger partial charge < -0.3 is 9.47 Å². The summed E-state index contributed by atoms with van der Waals surface area (Å²) in [6.45, 7) is 7.55. The number of hydrogen-bond donors (Lipinski definition) is 0. The summed E-state index contributed by atoms with van der Waals surface area (Å²) < 4.78 is 37.6. The Hall–Kier alpha value is -1.86. The van der Waals surface area contributed by atoms with Crippen molar-refractivity contribution in [2.24, 2.45) is 11.8 Å². The normalized spacial score (nSPS) is 20.0. The average molecular weight is 421 g/mol. The third kappa shape index (κ3) is 5.82. The second kappa shape index (κ2) is 9.76. The van der Waals surface area contributed by atoms with Gasteiger partial charge in [0.25, 0.3) is 0 Å². The maximum atomic E-state index is 12.0. The first kappa shape index (κ1) is 21.8. The van der Waals surface area contributed by atoms with Crippen LogP contribution in [-0.2, 0) is 21.0 Å². The van der Waals surface area contributed by atoms with E-state index in [0.717, 1.165) is 42.1 Å². The fourth-order valence-electron chi connectivity index (χ4n) is 3.75. The largest absolute Gasteiger partial charge is 0.493 e. The molecule has 1 unspecified atom stereocenters. The molecule has 0 saturated carbocycles. The summed E-state index contributed by atoms with van der Waals surface area (Å²) in [6, 6.07) is 10.0. The van der Waals surface area contributed by atoms with Crippen LogP contribution in [-0.4, -0.2) is 49.5 Å². The number of sulfone groups is 1. The fourth-order valence-corrected chi connectivity index (χ4v) is 5.08. The van der Waals surface area contributed by atoms with Crippen molar-refractivity contribution < 1.29 is 17.9 Å². The number of benzene rings is 1. The molecule has 1 aliphatic heterocycles. The van der Waals surface area contributed by atoms with E-state index in [-0.39, 0.29) is 23.3 Å². The lowest BCUT2D eigenvalue weighted by atomic mass is 9.91. The summed E-state index contributed by atoms with van der Waals surface area (Å²) in [5.74, 6) is 1.37. The SMILES string of the molecule is CCCc1cc(C)n(-c2ccc(OC[C@H]3COCCC3CS(=O)(=O)CC)cc2)n1. The second-order valence-corrected chi connectivity index (χ2v) is 10.2. The van der Waals surface area contributed by atoms with E-state index < -0.39 is 9.84 Å². The molecule has 0 N–H and O–H groups in total. The molecule has 7 heteroatoms. The number of aryl methyl sites for hydroxylation is 2. The molecule has 1 aromatic heterocycles. The summed E-state index contributed by atoms with van der Waals surface area (Å²) in [5.41, 5.74) is 3.22. The molecule has 3 rings (SSSR count). The van der Waals surface area contributed by atoms with E-state index in [1.807, 2.05) is 28.9 Å². The van der Waals surface area contributed by atoms with Crippen molar-refractivity contribution in [3.8, 4) is 11.4 Å². The smallest absolute Gasteiger partial charge is 0.150 e. The topological polar surface area (TPSA) is 70.4 Å². The summed E-state index contributed by atoms with van der Waals surface area (Å²) in [5, 5.41) is 4.67. The summed E-state index contributed by atoms with van der Waals surface area (Å²) in [4.78, 5) is 0. The number of ether oxygens (including phenoxy) is 2. The van der Waals surface area contributed by atoms with Gasteiger partial charge in [0, 0.05) is 24.0 Å². The van der Waals surface area contributed by atoms with Crippen LogP contribution in [0.25, 0.3) is 5.69 Å². The molecule has 1 fully saturated rings. The zero-order chi connectivity index (χ0) is 20.9. The summed E-state index contributed by atoms with van der Waals surface area (Å²) in [7, 11) is -3.00. The van der Waals surface area contributed by atoms with E-state index in [1.165, 1.54) is 0 Å². The molecule has 0 bridgehead atoms. The first-order valence-corrected chi connectivity index (χ1v) is 12.3. The van der Waals surface area contributed by atoms with Crippen LogP contribution >= 0.6 is 0 Å². The highest BCUT2D eigenvalue weighted by Gasteiger charge is 2.30. The molecule has 160 valence electrons. The van der Waals surface area contributed by atoms with E-state index in [1.54, 1.807) is 6.92 Å². The zero-order valence-electron chi connectivity index (χ0n) is 17.6. The molecule has 2 aromatic rings. The van der Waals surface area contributed by atoms with Crippen LogP contribution in [0.2, 0.25) is 0 Å². The molecule has 0 spiro atoms. The van der Waals surface area contributed by atoms with E-state index in [4.69, 9.17) is 9.47 Å². The molecule has 1 aromatic carbocycles. The number of hydrogen-bond acceptors (Lipinski definition) is 5. The van der Waals surface area contributed by atoms with Gasteiger partial charge in [-0.3, -0.25) is 0 Å². The predicted molar refractivity (Wildman–Crippen MR) is 115 cm³/mol. The van der Waals surface area contributed by atoms with Crippen LogP contribution in [0.5, 0.6) is 5.75 Å². The molecule has 0 radical (unpaired) electrons.